The topological polar surface area (TPSA) is 76.5 Å². The molecule has 2 bridgehead atoms. The van der Waals surface area contributed by atoms with E-state index in [0.717, 1.165) is 17.6 Å². The number of benzene rings is 1. The number of nitrogens with zero attached hydrogens (tertiary/aromatic N) is 3. The Morgan fingerprint density at radius 1 is 1.43 bits per heavy atom. The predicted molar refractivity (Wildman–Crippen MR) is 105 cm³/mol. The summed E-state index contributed by atoms with van der Waals surface area (Å²) < 4.78 is 8.20. The van der Waals surface area contributed by atoms with Gasteiger partial charge in [0.15, 0.2) is 0 Å². The highest BCUT2D eigenvalue weighted by Crippen LogP contribution is 2.52. The van der Waals surface area contributed by atoms with Gasteiger partial charge in [-0.3, -0.25) is 9.59 Å². The lowest BCUT2D eigenvalue weighted by molar-refractivity contribution is -0.136. The lowest BCUT2D eigenvalue weighted by Gasteiger charge is -2.24. The maximum atomic E-state index is 13.1. The van der Waals surface area contributed by atoms with Crippen LogP contribution in [0, 0.1) is 11.8 Å². The molecule has 2 fully saturated rings. The summed E-state index contributed by atoms with van der Waals surface area (Å²) in [6.45, 7) is 7.41. The van der Waals surface area contributed by atoms with Crippen molar-refractivity contribution in [3.05, 3.63) is 36.7 Å². The molecule has 28 heavy (non-hydrogen) atoms. The number of carbonyl (C=O) groups excluding carboxylic acids is 2. The van der Waals surface area contributed by atoms with E-state index in [1.54, 1.807) is 6.33 Å². The number of nitrogens with one attached hydrogen (secondary N) is 1. The average molecular weight is 380 g/mol. The number of carbonyl (C=O) groups is 2. The van der Waals surface area contributed by atoms with Crippen LogP contribution in [0.25, 0.3) is 11.0 Å². The average Bonchev–Trinajstić information content (AvgIpc) is 3.40. The fraction of sp³-hybridized carbons (Fsp3) is 0.476. The number of hydrogen-bond acceptors (Lipinski definition) is 4. The zero-order valence-electron chi connectivity index (χ0n) is 16.3. The van der Waals surface area contributed by atoms with Crippen LogP contribution in [0.2, 0.25) is 0 Å². The van der Waals surface area contributed by atoms with E-state index in [4.69, 9.17) is 4.74 Å². The molecular weight excluding hydrogens is 356 g/mol. The molecule has 7 nitrogen and oxygen atoms in total. The number of aromatic nitrogens is 2. The third-order valence-corrected chi connectivity index (χ3v) is 6.28. The SMILES string of the molecule is CCn1cnc2cc(NC(=O)[C@H]3[C@H]4C=C[C@@]5(CN(C(C)C)C(=O)[C@@H]35)O4)ccc21. The standard InChI is InChI=1S/C21H24N4O3/c1-4-24-11-22-14-9-13(5-6-15(14)24)23-19(26)17-16-7-8-21(28-16)10-25(12(2)3)20(27)18(17)21/h5-9,11-12,16-18H,4,10H2,1-3H3,(H,23,26)/t16-,17+,18-,21+/m1/s1. The van der Waals surface area contributed by atoms with Crippen molar-refractivity contribution >= 4 is 28.5 Å². The van der Waals surface area contributed by atoms with Crippen molar-refractivity contribution in [2.45, 2.75) is 45.1 Å². The molecule has 3 aliphatic heterocycles. The predicted octanol–water partition coefficient (Wildman–Crippen LogP) is 2.19. The van der Waals surface area contributed by atoms with Gasteiger partial charge in [-0.15, -0.1) is 0 Å². The number of ether oxygens (including phenoxy) is 1. The zero-order valence-corrected chi connectivity index (χ0v) is 16.3. The summed E-state index contributed by atoms with van der Waals surface area (Å²) in [6.07, 6.45) is 5.37. The summed E-state index contributed by atoms with van der Waals surface area (Å²) >= 11 is 0. The Bertz CT molecular complexity index is 1010. The monoisotopic (exact) mass is 380 g/mol. The number of aryl methyl sites for hydroxylation is 1. The smallest absolute Gasteiger partial charge is 0.231 e. The maximum Gasteiger partial charge on any atom is 0.231 e. The normalized spacial score (nSPS) is 30.6. The summed E-state index contributed by atoms with van der Waals surface area (Å²) in [6, 6.07) is 5.80. The minimum atomic E-state index is -0.655. The van der Waals surface area contributed by atoms with Crippen molar-refractivity contribution in [3.8, 4) is 0 Å². The molecule has 2 amide bonds. The molecule has 7 heteroatoms. The largest absolute Gasteiger partial charge is 0.360 e. The van der Waals surface area contributed by atoms with Gasteiger partial charge in [0.1, 0.15) is 5.60 Å². The highest BCUT2D eigenvalue weighted by Gasteiger charge is 2.67. The molecule has 0 radical (unpaired) electrons. The number of amides is 2. The summed E-state index contributed by atoms with van der Waals surface area (Å²) in [4.78, 5) is 32.4. The van der Waals surface area contributed by atoms with Crippen molar-refractivity contribution in [3.63, 3.8) is 0 Å². The molecule has 4 atom stereocenters. The second-order valence-electron chi connectivity index (χ2n) is 8.18. The third kappa shape index (κ3) is 2.29. The Balaban J connectivity index is 1.41. The van der Waals surface area contributed by atoms with E-state index >= 15 is 0 Å². The maximum absolute atomic E-state index is 13.1. The molecular formula is C21H24N4O3. The minimum Gasteiger partial charge on any atom is -0.360 e. The van der Waals surface area contributed by atoms with Gasteiger partial charge >= 0.3 is 0 Å². The van der Waals surface area contributed by atoms with Crippen molar-refractivity contribution in [2.75, 3.05) is 11.9 Å². The Morgan fingerprint density at radius 3 is 3.00 bits per heavy atom. The lowest BCUT2D eigenvalue weighted by Crippen LogP contribution is -2.42. The Labute approximate surface area is 163 Å². The van der Waals surface area contributed by atoms with E-state index in [2.05, 4.69) is 21.8 Å². The van der Waals surface area contributed by atoms with Crippen LogP contribution in [0.15, 0.2) is 36.7 Å². The second-order valence-corrected chi connectivity index (χ2v) is 8.18. The van der Waals surface area contributed by atoms with Crippen LogP contribution in [0.5, 0.6) is 0 Å². The number of hydrogen-bond donors (Lipinski definition) is 1. The number of rotatable bonds is 4. The van der Waals surface area contributed by atoms with Gasteiger partial charge in [0, 0.05) is 18.3 Å². The first-order chi connectivity index (χ1) is 13.4. The van der Waals surface area contributed by atoms with Crippen molar-refractivity contribution in [1.29, 1.82) is 0 Å². The van der Waals surface area contributed by atoms with Gasteiger partial charge < -0.3 is 19.5 Å². The van der Waals surface area contributed by atoms with E-state index < -0.39 is 17.4 Å². The summed E-state index contributed by atoms with van der Waals surface area (Å²) in [5.74, 6) is -1.12. The molecule has 0 aliphatic carbocycles. The van der Waals surface area contributed by atoms with Gasteiger partial charge in [-0.2, -0.15) is 0 Å². The molecule has 1 N–H and O–H groups in total. The second kappa shape index (κ2) is 5.91. The first-order valence-corrected chi connectivity index (χ1v) is 9.87. The number of fused-ring (bicyclic) bond motifs is 2. The van der Waals surface area contributed by atoms with Crippen LogP contribution in [0.4, 0.5) is 5.69 Å². The first-order valence-electron chi connectivity index (χ1n) is 9.87. The molecule has 1 spiro atoms. The Morgan fingerprint density at radius 2 is 2.25 bits per heavy atom. The van der Waals surface area contributed by atoms with Gasteiger partial charge in [-0.25, -0.2) is 4.98 Å². The molecule has 146 valence electrons. The van der Waals surface area contributed by atoms with E-state index in [9.17, 15) is 9.59 Å². The molecule has 1 aromatic carbocycles. The molecule has 0 saturated carbocycles. The molecule has 2 aromatic rings. The number of likely N-dealkylation sites (tertiary alicyclic amines) is 1. The van der Waals surface area contributed by atoms with Crippen LogP contribution < -0.4 is 5.32 Å². The quantitative estimate of drug-likeness (QED) is 0.825. The molecule has 0 unspecified atom stereocenters. The number of anilines is 1. The summed E-state index contributed by atoms with van der Waals surface area (Å²) in [7, 11) is 0. The van der Waals surface area contributed by atoms with Gasteiger partial charge in [0.05, 0.1) is 41.8 Å². The highest BCUT2D eigenvalue weighted by molar-refractivity contribution is 6.00. The van der Waals surface area contributed by atoms with Crippen LogP contribution >= 0.6 is 0 Å². The van der Waals surface area contributed by atoms with Crippen molar-refractivity contribution in [2.24, 2.45) is 11.8 Å². The number of imidazole rings is 1. The van der Waals surface area contributed by atoms with E-state index in [-0.39, 0.29) is 24.0 Å². The molecule has 4 heterocycles. The Hall–Kier alpha value is -2.67. The zero-order chi connectivity index (χ0) is 19.6. The van der Waals surface area contributed by atoms with Gasteiger partial charge in [-0.1, -0.05) is 12.2 Å². The summed E-state index contributed by atoms with van der Waals surface area (Å²) in [5.41, 5.74) is 1.90. The van der Waals surface area contributed by atoms with E-state index in [1.165, 1.54) is 0 Å². The van der Waals surface area contributed by atoms with Gasteiger partial charge in [0.25, 0.3) is 0 Å². The Kier molecular flexibility index (Phi) is 3.68. The van der Waals surface area contributed by atoms with E-state index in [0.29, 0.717) is 12.2 Å². The van der Waals surface area contributed by atoms with Gasteiger partial charge in [-0.05, 0) is 39.0 Å². The van der Waals surface area contributed by atoms with Crippen LogP contribution in [0.1, 0.15) is 20.8 Å². The van der Waals surface area contributed by atoms with E-state index in [1.807, 2.05) is 49.1 Å². The van der Waals surface area contributed by atoms with Crippen LogP contribution in [-0.4, -0.2) is 50.6 Å². The minimum absolute atomic E-state index is 0.0131. The van der Waals surface area contributed by atoms with Crippen molar-refractivity contribution < 1.29 is 14.3 Å². The molecule has 5 rings (SSSR count). The fourth-order valence-corrected chi connectivity index (χ4v) is 4.88. The molecule has 2 saturated heterocycles. The third-order valence-electron chi connectivity index (χ3n) is 6.28. The molecule has 3 aliphatic rings. The highest BCUT2D eigenvalue weighted by atomic mass is 16.5. The molecule has 1 aromatic heterocycles. The van der Waals surface area contributed by atoms with Crippen molar-refractivity contribution in [1.82, 2.24) is 14.5 Å². The first kappa shape index (κ1) is 17.4. The van der Waals surface area contributed by atoms with Crippen LogP contribution in [-0.2, 0) is 20.9 Å². The summed E-state index contributed by atoms with van der Waals surface area (Å²) in [5, 5.41) is 2.99. The fourth-order valence-electron chi connectivity index (χ4n) is 4.88. The lowest BCUT2D eigenvalue weighted by atomic mass is 9.77. The van der Waals surface area contributed by atoms with Gasteiger partial charge in [0.2, 0.25) is 11.8 Å². The van der Waals surface area contributed by atoms with Crippen LogP contribution in [0.3, 0.4) is 0 Å².